The van der Waals surface area contributed by atoms with E-state index < -0.39 is 33.6 Å². The molecule has 4 rings (SSSR count). The number of aryl methyl sites for hydroxylation is 1. The highest BCUT2D eigenvalue weighted by Crippen LogP contribution is 2.38. The molecule has 3 heterocycles. The molecule has 1 aliphatic heterocycles. The lowest BCUT2D eigenvalue weighted by atomic mass is 9.93. The van der Waals surface area contributed by atoms with Gasteiger partial charge in [-0.2, -0.15) is 4.98 Å². The van der Waals surface area contributed by atoms with Crippen molar-refractivity contribution in [3.05, 3.63) is 65.3 Å². The average Bonchev–Trinajstić information content (AvgIpc) is 2.87. The van der Waals surface area contributed by atoms with Crippen LogP contribution in [0.25, 0.3) is 11.0 Å². The Labute approximate surface area is 219 Å². The maximum atomic E-state index is 14.9. The van der Waals surface area contributed by atoms with Crippen molar-refractivity contribution in [2.24, 2.45) is 0 Å². The monoisotopic (exact) mass is 549 g/mol. The number of alkyl halides is 2. The van der Waals surface area contributed by atoms with Gasteiger partial charge in [0.15, 0.2) is 5.65 Å². The van der Waals surface area contributed by atoms with E-state index in [0.717, 1.165) is 11.6 Å². The van der Waals surface area contributed by atoms with Crippen molar-refractivity contribution in [2.75, 3.05) is 37.1 Å². The molecule has 0 saturated carbocycles. The third kappa shape index (κ3) is 6.07. The molecule has 3 aromatic rings. The quantitative estimate of drug-likeness (QED) is 0.247. The van der Waals surface area contributed by atoms with Crippen LogP contribution >= 0.6 is 0 Å². The summed E-state index contributed by atoms with van der Waals surface area (Å²) in [5.41, 5.74) is 0.415. The van der Waals surface area contributed by atoms with E-state index in [9.17, 15) is 17.4 Å². The highest BCUT2D eigenvalue weighted by atomic mass is 32.2. The molecular formula is C26H30F3N5O3S. The van der Waals surface area contributed by atoms with E-state index in [1.54, 1.807) is 14.0 Å². The predicted molar refractivity (Wildman–Crippen MR) is 140 cm³/mol. The number of pyridine rings is 1. The van der Waals surface area contributed by atoms with Gasteiger partial charge in [0.2, 0.25) is 5.88 Å². The average molecular weight is 550 g/mol. The van der Waals surface area contributed by atoms with Gasteiger partial charge in [-0.25, -0.2) is 27.3 Å². The molecule has 0 amide bonds. The number of methoxy groups -OCH3 is 1. The highest BCUT2D eigenvalue weighted by Gasteiger charge is 2.28. The first-order valence-corrected chi connectivity index (χ1v) is 14.0. The van der Waals surface area contributed by atoms with Gasteiger partial charge in [0.1, 0.15) is 24.1 Å². The normalized spacial score (nSPS) is 20.4. The first kappa shape index (κ1) is 27.8. The van der Waals surface area contributed by atoms with Crippen LogP contribution in [0.2, 0.25) is 0 Å². The minimum absolute atomic E-state index is 0.00686. The minimum atomic E-state index is -2.96. The predicted octanol–water partition coefficient (Wildman–Crippen LogP) is 5.70. The molecular weight excluding hydrogens is 519 g/mol. The zero-order valence-corrected chi connectivity index (χ0v) is 22.0. The maximum Gasteiger partial charge on any atom is 0.266 e. The van der Waals surface area contributed by atoms with Crippen LogP contribution in [-0.2, 0) is 14.5 Å². The van der Waals surface area contributed by atoms with Gasteiger partial charge >= 0.3 is 0 Å². The number of ether oxygens (including phenoxy) is 2. The fourth-order valence-corrected chi connectivity index (χ4v) is 6.05. The number of nitrogens with zero attached hydrogens (tertiary/aromatic N) is 3. The number of fused-ring (bicyclic) bond motifs is 1. The van der Waals surface area contributed by atoms with Crippen molar-refractivity contribution in [2.45, 2.75) is 38.2 Å². The molecule has 1 fully saturated rings. The third-order valence-electron chi connectivity index (χ3n) is 6.51. The van der Waals surface area contributed by atoms with E-state index in [-0.39, 0.29) is 29.6 Å². The lowest BCUT2D eigenvalue weighted by Crippen LogP contribution is -2.22. The van der Waals surface area contributed by atoms with Crippen LogP contribution in [0.1, 0.15) is 53.7 Å². The van der Waals surface area contributed by atoms with Crippen molar-refractivity contribution < 1.29 is 26.9 Å². The molecule has 2 N–H and O–H groups in total. The van der Waals surface area contributed by atoms with Gasteiger partial charge in [-0.1, -0.05) is 24.3 Å². The summed E-state index contributed by atoms with van der Waals surface area (Å²) in [4.78, 5) is 13.6. The maximum absolute atomic E-state index is 14.9. The Balaban J connectivity index is 1.79. The standard InChI is InChI=1S/C26H30F3N5O3S/c1-4-21(17-6-5-7-18(22(17)27)23(28)29)33-24-20-14-19(16-8-12-38(30,35)13-9-16)26(37-11-10-36-3)34-25(20)32-15(2)31-24/h4-7,14,16,21,23,30H,1,8-13H2,2-3H3,(H,31,32,33,34)/t16?,21-,38?/m1/s1. The second-order valence-electron chi connectivity index (χ2n) is 9.12. The Morgan fingerprint density at radius 2 is 1.92 bits per heavy atom. The van der Waals surface area contributed by atoms with Gasteiger partial charge in [-0.15, -0.1) is 6.58 Å². The summed E-state index contributed by atoms with van der Waals surface area (Å²) in [5, 5.41) is 3.65. The fraction of sp³-hybridized carbons (Fsp3) is 0.423. The molecule has 0 radical (unpaired) electrons. The van der Waals surface area contributed by atoms with Crippen molar-refractivity contribution in [3.63, 3.8) is 0 Å². The van der Waals surface area contributed by atoms with E-state index in [4.69, 9.17) is 14.3 Å². The Bertz CT molecular complexity index is 1420. The lowest BCUT2D eigenvalue weighted by Gasteiger charge is -2.26. The second-order valence-corrected chi connectivity index (χ2v) is 11.6. The first-order chi connectivity index (χ1) is 18.1. The lowest BCUT2D eigenvalue weighted by molar-refractivity contribution is 0.143. The van der Waals surface area contributed by atoms with Gasteiger partial charge in [0, 0.05) is 39.5 Å². The third-order valence-corrected chi connectivity index (χ3v) is 8.30. The first-order valence-electron chi connectivity index (χ1n) is 12.1. The summed E-state index contributed by atoms with van der Waals surface area (Å²) in [6.45, 7) is 6.05. The molecule has 2 aromatic heterocycles. The molecule has 1 aliphatic rings. The summed E-state index contributed by atoms with van der Waals surface area (Å²) in [6.07, 6.45) is -0.474. The van der Waals surface area contributed by atoms with Gasteiger partial charge in [0.05, 0.1) is 23.6 Å². The molecule has 0 bridgehead atoms. The largest absolute Gasteiger partial charge is 0.475 e. The Morgan fingerprint density at radius 1 is 1.21 bits per heavy atom. The number of hydrogen-bond acceptors (Lipinski definition) is 8. The minimum Gasteiger partial charge on any atom is -0.475 e. The van der Waals surface area contributed by atoms with Crippen LogP contribution in [0.4, 0.5) is 19.0 Å². The van der Waals surface area contributed by atoms with Gasteiger partial charge in [-0.3, -0.25) is 4.78 Å². The SMILES string of the molecule is C=C[C@@H](Nc1nc(C)nc2nc(OCCOC)c(C3CCS(=N)(=O)CC3)cc12)c1cccc(C(F)F)c1F. The van der Waals surface area contributed by atoms with Crippen molar-refractivity contribution in [1.29, 1.82) is 4.78 Å². The molecule has 1 aromatic carbocycles. The smallest absolute Gasteiger partial charge is 0.266 e. The molecule has 12 heteroatoms. The van der Waals surface area contributed by atoms with Gasteiger partial charge < -0.3 is 14.8 Å². The molecule has 0 spiro atoms. The van der Waals surface area contributed by atoms with E-state index in [0.29, 0.717) is 48.0 Å². The van der Waals surface area contributed by atoms with E-state index >= 15 is 0 Å². The number of rotatable bonds is 10. The Morgan fingerprint density at radius 3 is 2.58 bits per heavy atom. The van der Waals surface area contributed by atoms with Gasteiger partial charge in [0.25, 0.3) is 6.43 Å². The van der Waals surface area contributed by atoms with Crippen LogP contribution < -0.4 is 10.1 Å². The topological polar surface area (TPSA) is 110 Å². The van der Waals surface area contributed by atoms with Crippen molar-refractivity contribution in [1.82, 2.24) is 15.0 Å². The van der Waals surface area contributed by atoms with Gasteiger partial charge in [-0.05, 0) is 31.7 Å². The molecule has 1 atom stereocenters. The molecule has 0 aliphatic carbocycles. The molecule has 204 valence electrons. The van der Waals surface area contributed by atoms with Crippen molar-refractivity contribution >= 4 is 26.6 Å². The fourth-order valence-electron chi connectivity index (χ4n) is 4.51. The molecule has 1 saturated heterocycles. The molecule has 0 unspecified atom stereocenters. The summed E-state index contributed by atoms with van der Waals surface area (Å²) in [6, 6.07) is 4.82. The summed E-state index contributed by atoms with van der Waals surface area (Å²) < 4.78 is 72.8. The van der Waals surface area contributed by atoms with Crippen LogP contribution in [0.15, 0.2) is 36.9 Å². The van der Waals surface area contributed by atoms with Crippen LogP contribution in [-0.4, -0.2) is 51.0 Å². The van der Waals surface area contributed by atoms with Crippen LogP contribution in [0.5, 0.6) is 5.88 Å². The van der Waals surface area contributed by atoms with Crippen LogP contribution in [0.3, 0.4) is 0 Å². The van der Waals surface area contributed by atoms with Crippen LogP contribution in [0, 0.1) is 17.5 Å². The summed E-state index contributed by atoms with van der Waals surface area (Å²) in [7, 11) is -1.03. The van der Waals surface area contributed by atoms with Crippen molar-refractivity contribution in [3.8, 4) is 5.88 Å². The number of anilines is 1. The van der Waals surface area contributed by atoms with E-state index in [1.807, 2.05) is 6.07 Å². The number of nitrogens with one attached hydrogen (secondary N) is 2. The Hall–Kier alpha value is -3.25. The highest BCUT2D eigenvalue weighted by molar-refractivity contribution is 7.92. The summed E-state index contributed by atoms with van der Waals surface area (Å²) >= 11 is 0. The Kier molecular flexibility index (Phi) is 8.51. The number of halogens is 3. The van der Waals surface area contributed by atoms with E-state index in [2.05, 4.69) is 26.8 Å². The number of hydrogen-bond donors (Lipinski definition) is 2. The zero-order chi connectivity index (χ0) is 27.4. The van der Waals surface area contributed by atoms with E-state index in [1.165, 1.54) is 18.2 Å². The molecule has 38 heavy (non-hydrogen) atoms. The summed E-state index contributed by atoms with van der Waals surface area (Å²) in [5.74, 6) is 0.591. The molecule has 8 nitrogen and oxygen atoms in total. The zero-order valence-electron chi connectivity index (χ0n) is 21.2. The number of benzene rings is 1. The second kappa shape index (κ2) is 11.6. The number of aromatic nitrogens is 3.